The molecule has 1 fully saturated rings. The van der Waals surface area contributed by atoms with E-state index in [2.05, 4.69) is 4.99 Å². The van der Waals surface area contributed by atoms with Crippen molar-refractivity contribution in [2.45, 2.75) is 32.1 Å². The fourth-order valence-corrected chi connectivity index (χ4v) is 1.62. The molecular formula is C9H17NO2S. The summed E-state index contributed by atoms with van der Waals surface area (Å²) in [5.41, 5.74) is 0. The molecule has 1 rings (SSSR count). The van der Waals surface area contributed by atoms with Gasteiger partial charge in [0.15, 0.2) is 6.29 Å². The molecule has 3 nitrogen and oxygen atoms in total. The molecule has 0 bridgehead atoms. The van der Waals surface area contributed by atoms with E-state index in [1.165, 1.54) is 0 Å². The Hall–Kier alpha value is -0.0600. The lowest BCUT2D eigenvalue weighted by Crippen LogP contribution is -2.34. The van der Waals surface area contributed by atoms with Crippen molar-refractivity contribution in [2.75, 3.05) is 20.0 Å². The predicted octanol–water partition coefficient (Wildman–Crippen LogP) is 1.92. The molecule has 0 aromatic carbocycles. The molecule has 76 valence electrons. The first-order valence-corrected chi connectivity index (χ1v) is 5.73. The van der Waals surface area contributed by atoms with Gasteiger partial charge >= 0.3 is 0 Å². The summed E-state index contributed by atoms with van der Waals surface area (Å²) in [5, 5.41) is 1.09. The van der Waals surface area contributed by atoms with Gasteiger partial charge in [-0.05, 0) is 26.0 Å². The van der Waals surface area contributed by atoms with Crippen LogP contribution in [-0.2, 0) is 9.47 Å². The molecule has 1 unspecified atom stereocenters. The quantitative estimate of drug-likeness (QED) is 0.507. The summed E-state index contributed by atoms with van der Waals surface area (Å²) in [6, 6.07) is 0.186. The highest BCUT2D eigenvalue weighted by molar-refractivity contribution is 8.13. The van der Waals surface area contributed by atoms with Crippen molar-refractivity contribution in [3.05, 3.63) is 0 Å². The summed E-state index contributed by atoms with van der Waals surface area (Å²) < 4.78 is 10.7. The van der Waals surface area contributed by atoms with Crippen LogP contribution in [0.2, 0.25) is 0 Å². The van der Waals surface area contributed by atoms with Crippen molar-refractivity contribution in [1.29, 1.82) is 0 Å². The molecule has 0 N–H and O–H groups in total. The van der Waals surface area contributed by atoms with Crippen molar-refractivity contribution in [2.24, 2.45) is 4.99 Å². The van der Waals surface area contributed by atoms with Crippen LogP contribution in [0.3, 0.4) is 0 Å². The Kier molecular flexibility index (Phi) is 4.77. The van der Waals surface area contributed by atoms with E-state index in [9.17, 15) is 0 Å². The molecule has 1 aliphatic rings. The first-order valence-electron chi connectivity index (χ1n) is 4.50. The Morgan fingerprint density at radius 3 is 3.00 bits per heavy atom. The summed E-state index contributed by atoms with van der Waals surface area (Å²) in [6.45, 7) is 2.81. The molecular weight excluding hydrogens is 186 g/mol. The van der Waals surface area contributed by atoms with Crippen LogP contribution in [0.25, 0.3) is 0 Å². The second kappa shape index (κ2) is 5.62. The maximum absolute atomic E-state index is 5.45. The van der Waals surface area contributed by atoms with Crippen LogP contribution < -0.4 is 0 Å². The molecule has 0 amide bonds. The van der Waals surface area contributed by atoms with Gasteiger partial charge < -0.3 is 9.47 Å². The monoisotopic (exact) mass is 203 g/mol. The smallest absolute Gasteiger partial charge is 0.179 e. The molecule has 0 radical (unpaired) electrons. The lowest BCUT2D eigenvalue weighted by Gasteiger charge is -2.27. The highest BCUT2D eigenvalue weighted by atomic mass is 32.2. The zero-order valence-electron chi connectivity index (χ0n) is 8.45. The van der Waals surface area contributed by atoms with Gasteiger partial charge in [0.1, 0.15) is 6.04 Å². The number of nitrogens with zero attached hydrogens (tertiary/aromatic N) is 1. The van der Waals surface area contributed by atoms with E-state index in [-0.39, 0.29) is 12.3 Å². The van der Waals surface area contributed by atoms with Crippen LogP contribution in [0.4, 0.5) is 0 Å². The molecule has 1 saturated heterocycles. The van der Waals surface area contributed by atoms with Crippen LogP contribution in [0, 0.1) is 0 Å². The van der Waals surface area contributed by atoms with E-state index in [1.54, 1.807) is 18.9 Å². The third-order valence-corrected chi connectivity index (χ3v) is 2.81. The van der Waals surface area contributed by atoms with E-state index < -0.39 is 0 Å². The molecule has 0 aliphatic carbocycles. The van der Waals surface area contributed by atoms with Gasteiger partial charge in [-0.15, -0.1) is 11.8 Å². The molecule has 0 aromatic heterocycles. The fourth-order valence-electron chi connectivity index (χ4n) is 1.38. The molecule has 0 aromatic rings. The first-order chi connectivity index (χ1) is 6.27. The Morgan fingerprint density at radius 1 is 1.62 bits per heavy atom. The maximum atomic E-state index is 5.45. The van der Waals surface area contributed by atoms with Crippen molar-refractivity contribution in [3.63, 3.8) is 0 Å². The number of aliphatic imine (C=N–C) groups is 1. The molecule has 4 heteroatoms. The Labute approximate surface area is 83.9 Å². The maximum Gasteiger partial charge on any atom is 0.179 e. The molecule has 0 spiro atoms. The number of hydrogen-bond acceptors (Lipinski definition) is 4. The second-order valence-corrected chi connectivity index (χ2v) is 4.04. The van der Waals surface area contributed by atoms with Crippen LogP contribution in [0.5, 0.6) is 0 Å². The number of hydrogen-bond donors (Lipinski definition) is 0. The minimum atomic E-state index is -0.143. The van der Waals surface area contributed by atoms with Gasteiger partial charge in [-0.25, -0.2) is 0 Å². The second-order valence-electron chi connectivity index (χ2n) is 3.04. The highest BCUT2D eigenvalue weighted by Gasteiger charge is 2.24. The minimum absolute atomic E-state index is 0.143. The van der Waals surface area contributed by atoms with Gasteiger partial charge in [0.25, 0.3) is 0 Å². The van der Waals surface area contributed by atoms with Crippen LogP contribution in [0.1, 0.15) is 19.8 Å². The van der Waals surface area contributed by atoms with E-state index in [1.807, 2.05) is 13.2 Å². The van der Waals surface area contributed by atoms with Crippen LogP contribution in [0.15, 0.2) is 4.99 Å². The summed E-state index contributed by atoms with van der Waals surface area (Å²) >= 11 is 1.67. The van der Waals surface area contributed by atoms with Gasteiger partial charge in [0, 0.05) is 13.7 Å². The van der Waals surface area contributed by atoms with Gasteiger partial charge in [-0.3, -0.25) is 4.99 Å². The zero-order chi connectivity index (χ0) is 9.68. The van der Waals surface area contributed by atoms with E-state index >= 15 is 0 Å². The minimum Gasteiger partial charge on any atom is -0.354 e. The molecule has 1 heterocycles. The van der Waals surface area contributed by atoms with E-state index in [0.29, 0.717) is 0 Å². The molecule has 2 atom stereocenters. The average molecular weight is 203 g/mol. The summed E-state index contributed by atoms with van der Waals surface area (Å²) in [6.07, 6.45) is 4.03. The number of thioether (sulfide) groups is 1. The number of rotatable bonds is 2. The van der Waals surface area contributed by atoms with Crippen LogP contribution in [-0.4, -0.2) is 37.3 Å². The third kappa shape index (κ3) is 3.29. The Morgan fingerprint density at radius 2 is 2.38 bits per heavy atom. The standard InChI is InChI=1S/C9H17NO2S/c1-7(13-3)10-8-5-4-6-12-9(8)11-2/h8-9H,4-6H2,1-3H3/t8-,9?/m1/s1. The Bertz CT molecular complexity index is 184. The topological polar surface area (TPSA) is 30.8 Å². The zero-order valence-corrected chi connectivity index (χ0v) is 9.26. The van der Waals surface area contributed by atoms with Crippen molar-refractivity contribution >= 4 is 16.8 Å². The largest absolute Gasteiger partial charge is 0.354 e. The number of methoxy groups -OCH3 is 1. The SMILES string of the molecule is COC1OCCC[C@H]1N=C(C)SC. The Balaban J connectivity index is 2.54. The summed E-state index contributed by atoms with van der Waals surface area (Å²) in [7, 11) is 1.67. The number of ether oxygens (including phenoxy) is 2. The fraction of sp³-hybridized carbons (Fsp3) is 0.889. The normalized spacial score (nSPS) is 30.5. The third-order valence-electron chi connectivity index (χ3n) is 2.12. The molecule has 0 saturated carbocycles. The molecule has 1 aliphatic heterocycles. The summed E-state index contributed by atoms with van der Waals surface area (Å²) in [4.78, 5) is 4.54. The van der Waals surface area contributed by atoms with E-state index in [4.69, 9.17) is 9.47 Å². The van der Waals surface area contributed by atoms with Gasteiger partial charge in [0.05, 0.1) is 5.04 Å². The first kappa shape index (κ1) is 11.0. The van der Waals surface area contributed by atoms with Gasteiger partial charge in [0.2, 0.25) is 0 Å². The van der Waals surface area contributed by atoms with Crippen molar-refractivity contribution < 1.29 is 9.47 Å². The lowest BCUT2D eigenvalue weighted by molar-refractivity contribution is -0.155. The average Bonchev–Trinajstić information content (AvgIpc) is 2.18. The lowest BCUT2D eigenvalue weighted by atomic mass is 10.1. The molecule has 13 heavy (non-hydrogen) atoms. The van der Waals surface area contributed by atoms with Crippen molar-refractivity contribution in [3.8, 4) is 0 Å². The summed E-state index contributed by atoms with van der Waals surface area (Å²) in [5.74, 6) is 0. The highest BCUT2D eigenvalue weighted by Crippen LogP contribution is 2.18. The van der Waals surface area contributed by atoms with E-state index in [0.717, 1.165) is 24.5 Å². The predicted molar refractivity (Wildman–Crippen MR) is 56.4 cm³/mol. The van der Waals surface area contributed by atoms with Gasteiger partial charge in [-0.1, -0.05) is 0 Å². The van der Waals surface area contributed by atoms with Gasteiger partial charge in [-0.2, -0.15) is 0 Å². The van der Waals surface area contributed by atoms with Crippen LogP contribution >= 0.6 is 11.8 Å². The van der Waals surface area contributed by atoms with Crippen molar-refractivity contribution in [1.82, 2.24) is 0 Å².